The van der Waals surface area contributed by atoms with Gasteiger partial charge in [-0.2, -0.15) is 0 Å². The molecule has 2 atom stereocenters. The third-order valence-electron chi connectivity index (χ3n) is 3.25. The maximum absolute atomic E-state index is 6.04. The van der Waals surface area contributed by atoms with E-state index in [-0.39, 0.29) is 36.9 Å². The number of hydrogen-bond donors (Lipinski definition) is 2. The fourth-order valence-corrected chi connectivity index (χ4v) is 1.94. The zero-order chi connectivity index (χ0) is 12.7. The second-order valence-corrected chi connectivity index (χ2v) is 4.64. The molecule has 1 rings (SSSR count). The van der Waals surface area contributed by atoms with Crippen LogP contribution >= 0.6 is 24.8 Å². The molecule has 0 aliphatic heterocycles. The fourth-order valence-electron chi connectivity index (χ4n) is 1.94. The van der Waals surface area contributed by atoms with E-state index in [0.717, 1.165) is 31.4 Å². The van der Waals surface area contributed by atoms with Gasteiger partial charge in [0.2, 0.25) is 0 Å². The van der Waals surface area contributed by atoms with Crippen LogP contribution in [-0.4, -0.2) is 22.1 Å². The summed E-state index contributed by atoms with van der Waals surface area (Å²) in [7, 11) is 0. The second-order valence-electron chi connectivity index (χ2n) is 4.64. The Balaban J connectivity index is 0. The van der Waals surface area contributed by atoms with Crippen molar-refractivity contribution in [1.82, 2.24) is 9.97 Å². The van der Waals surface area contributed by atoms with Gasteiger partial charge in [-0.15, -0.1) is 24.8 Å². The molecule has 1 aromatic heterocycles. The summed E-state index contributed by atoms with van der Waals surface area (Å²) in [6, 6.07) is 2.41. The summed E-state index contributed by atoms with van der Waals surface area (Å²) < 4.78 is 0. The molecule has 0 spiro atoms. The topological polar surface area (TPSA) is 77.8 Å². The quantitative estimate of drug-likeness (QED) is 0.811. The molecule has 0 amide bonds. The molecule has 0 radical (unpaired) electrons. The van der Waals surface area contributed by atoms with Crippen LogP contribution in [0.1, 0.15) is 51.1 Å². The molecule has 0 aliphatic carbocycles. The zero-order valence-electron chi connectivity index (χ0n) is 11.7. The lowest BCUT2D eigenvalue weighted by Gasteiger charge is -2.22. The summed E-state index contributed by atoms with van der Waals surface area (Å²) in [4.78, 5) is 8.28. The van der Waals surface area contributed by atoms with Crippen molar-refractivity contribution < 1.29 is 0 Å². The van der Waals surface area contributed by atoms with Crippen LogP contribution in [0, 0.1) is 0 Å². The molecule has 2 unspecified atom stereocenters. The third-order valence-corrected chi connectivity index (χ3v) is 3.25. The number of rotatable bonds is 7. The Hall–Kier alpha value is -0.420. The van der Waals surface area contributed by atoms with E-state index in [1.807, 2.05) is 6.07 Å². The highest BCUT2D eigenvalue weighted by molar-refractivity contribution is 5.85. The maximum atomic E-state index is 6.04. The van der Waals surface area contributed by atoms with Gasteiger partial charge in [0.15, 0.2) is 0 Å². The van der Waals surface area contributed by atoms with Crippen molar-refractivity contribution in [3.05, 3.63) is 24.3 Å². The van der Waals surface area contributed by atoms with Crippen molar-refractivity contribution in [2.24, 2.45) is 11.5 Å². The lowest BCUT2D eigenvalue weighted by Crippen LogP contribution is -2.27. The fraction of sp³-hybridized carbons (Fsp3) is 0.692. The zero-order valence-corrected chi connectivity index (χ0v) is 13.3. The van der Waals surface area contributed by atoms with Crippen molar-refractivity contribution in [2.45, 2.75) is 57.5 Å². The minimum atomic E-state index is 0. The monoisotopic (exact) mass is 308 g/mol. The minimum absolute atomic E-state index is 0. The Bertz CT molecular complexity index is 299. The molecule has 112 valence electrons. The standard InChI is InChI=1S/C13H24N4.2ClH/c1-3-11(14)7-10(8-12(15)4-2)13-5-6-16-9-17-13;;/h5-6,9-12H,3-4,7-8,14-15H2,1-2H3;2*1H. The van der Waals surface area contributed by atoms with E-state index in [1.54, 1.807) is 12.5 Å². The van der Waals surface area contributed by atoms with Crippen LogP contribution < -0.4 is 11.5 Å². The summed E-state index contributed by atoms with van der Waals surface area (Å²) in [5, 5.41) is 0. The van der Waals surface area contributed by atoms with E-state index >= 15 is 0 Å². The largest absolute Gasteiger partial charge is 0.328 e. The Kier molecular flexibility index (Phi) is 12.5. The first-order valence-electron chi connectivity index (χ1n) is 6.44. The number of hydrogen-bond acceptors (Lipinski definition) is 4. The van der Waals surface area contributed by atoms with E-state index in [1.165, 1.54) is 0 Å². The van der Waals surface area contributed by atoms with Crippen LogP contribution in [0.25, 0.3) is 0 Å². The molecule has 0 aromatic carbocycles. The van der Waals surface area contributed by atoms with Crippen molar-refractivity contribution >= 4 is 24.8 Å². The van der Waals surface area contributed by atoms with Gasteiger partial charge in [0.05, 0.1) is 0 Å². The molecule has 1 aromatic rings. The number of aromatic nitrogens is 2. The second kappa shape index (κ2) is 11.4. The van der Waals surface area contributed by atoms with Crippen molar-refractivity contribution in [3.8, 4) is 0 Å². The lowest BCUT2D eigenvalue weighted by molar-refractivity contribution is 0.440. The van der Waals surface area contributed by atoms with Gasteiger partial charge in [0, 0.05) is 29.9 Å². The average molecular weight is 309 g/mol. The summed E-state index contributed by atoms with van der Waals surface area (Å²) >= 11 is 0. The van der Waals surface area contributed by atoms with E-state index in [0.29, 0.717) is 5.92 Å². The van der Waals surface area contributed by atoms with E-state index in [4.69, 9.17) is 11.5 Å². The molecule has 19 heavy (non-hydrogen) atoms. The van der Waals surface area contributed by atoms with Gasteiger partial charge in [-0.05, 0) is 31.7 Å². The smallest absolute Gasteiger partial charge is 0.115 e. The highest BCUT2D eigenvalue weighted by atomic mass is 35.5. The predicted octanol–water partition coefficient (Wildman–Crippen LogP) is 2.66. The van der Waals surface area contributed by atoms with Gasteiger partial charge in [-0.1, -0.05) is 13.8 Å². The van der Waals surface area contributed by atoms with Crippen molar-refractivity contribution in [2.75, 3.05) is 0 Å². The molecule has 4 N–H and O–H groups in total. The van der Waals surface area contributed by atoms with E-state index in [9.17, 15) is 0 Å². The first-order valence-corrected chi connectivity index (χ1v) is 6.44. The summed E-state index contributed by atoms with van der Waals surface area (Å²) in [6.07, 6.45) is 7.25. The van der Waals surface area contributed by atoms with Crippen LogP contribution in [0.5, 0.6) is 0 Å². The van der Waals surface area contributed by atoms with Gasteiger partial charge >= 0.3 is 0 Å². The van der Waals surface area contributed by atoms with Gasteiger partial charge in [0.1, 0.15) is 6.33 Å². The number of halogens is 2. The van der Waals surface area contributed by atoms with Gasteiger partial charge < -0.3 is 11.5 Å². The summed E-state index contributed by atoms with van der Waals surface area (Å²) in [5.74, 6) is 0.350. The van der Waals surface area contributed by atoms with E-state index < -0.39 is 0 Å². The highest BCUT2D eigenvalue weighted by Crippen LogP contribution is 2.25. The summed E-state index contributed by atoms with van der Waals surface area (Å²) in [5.41, 5.74) is 13.2. The lowest BCUT2D eigenvalue weighted by atomic mass is 9.89. The van der Waals surface area contributed by atoms with Crippen LogP contribution in [0.15, 0.2) is 18.6 Å². The Morgan fingerprint density at radius 2 is 1.58 bits per heavy atom. The van der Waals surface area contributed by atoms with Crippen molar-refractivity contribution in [3.63, 3.8) is 0 Å². The molecule has 0 fully saturated rings. The van der Waals surface area contributed by atoms with Gasteiger partial charge in [-0.25, -0.2) is 9.97 Å². The van der Waals surface area contributed by atoms with Crippen LogP contribution in [0.3, 0.4) is 0 Å². The highest BCUT2D eigenvalue weighted by Gasteiger charge is 2.18. The van der Waals surface area contributed by atoms with Gasteiger partial charge in [0.25, 0.3) is 0 Å². The predicted molar refractivity (Wildman–Crippen MR) is 85.0 cm³/mol. The first-order chi connectivity index (χ1) is 8.17. The molecule has 0 aliphatic rings. The van der Waals surface area contributed by atoms with Gasteiger partial charge in [-0.3, -0.25) is 0 Å². The van der Waals surface area contributed by atoms with Crippen LogP contribution in [0.4, 0.5) is 0 Å². The Morgan fingerprint density at radius 1 is 1.05 bits per heavy atom. The molecule has 4 nitrogen and oxygen atoms in total. The van der Waals surface area contributed by atoms with Crippen LogP contribution in [0.2, 0.25) is 0 Å². The minimum Gasteiger partial charge on any atom is -0.328 e. The normalized spacial score (nSPS) is 14.7. The Labute approximate surface area is 128 Å². The molecule has 0 saturated heterocycles. The number of nitrogens with two attached hydrogens (primary N) is 2. The van der Waals surface area contributed by atoms with Crippen molar-refractivity contribution in [1.29, 1.82) is 0 Å². The SMILES string of the molecule is CCC(N)CC(CC(N)CC)c1ccncn1.Cl.Cl. The number of nitrogens with zero attached hydrogens (tertiary/aromatic N) is 2. The van der Waals surface area contributed by atoms with E-state index in [2.05, 4.69) is 23.8 Å². The molecule has 6 heteroatoms. The molecular formula is C13H26Cl2N4. The molecular weight excluding hydrogens is 283 g/mol. The molecule has 1 heterocycles. The maximum Gasteiger partial charge on any atom is 0.115 e. The first kappa shape index (κ1) is 20.9. The Morgan fingerprint density at radius 3 is 1.95 bits per heavy atom. The average Bonchev–Trinajstić information content (AvgIpc) is 2.38. The summed E-state index contributed by atoms with van der Waals surface area (Å²) in [6.45, 7) is 4.23. The molecule has 0 saturated carbocycles. The van der Waals surface area contributed by atoms with Crippen LogP contribution in [-0.2, 0) is 0 Å². The third kappa shape index (κ3) is 7.67. The molecule has 0 bridgehead atoms.